The first-order chi connectivity index (χ1) is 15.6. The molecule has 32 heavy (non-hydrogen) atoms. The van der Waals surface area contributed by atoms with E-state index in [0.29, 0.717) is 19.5 Å². The SMILES string of the molecule is COC(=O)C12CN(Cc3ccccc3)CC1C(O)(c1ccccc1)CCC2c1ccsc1. The fraction of sp³-hybridized carbons (Fsp3) is 0.370. The molecule has 0 radical (unpaired) electrons. The maximum atomic E-state index is 13.6. The standard InChI is InChI=1S/C27H29NO3S/c1-31-25(29)26-19-28(16-20-8-4-2-5-9-20)17-24(26)27(30,22-10-6-3-7-11-22)14-12-23(26)21-13-15-32-18-21/h2-11,13,15,18,23-24,30H,12,14,16-17,19H2,1H3. The number of aliphatic hydroxyl groups is 1. The maximum Gasteiger partial charge on any atom is 0.314 e. The van der Waals surface area contributed by atoms with Crippen molar-refractivity contribution in [1.82, 2.24) is 4.90 Å². The van der Waals surface area contributed by atoms with Gasteiger partial charge >= 0.3 is 5.97 Å². The van der Waals surface area contributed by atoms with Crippen molar-refractivity contribution in [2.24, 2.45) is 11.3 Å². The number of benzene rings is 2. The van der Waals surface area contributed by atoms with Gasteiger partial charge in [0.15, 0.2) is 0 Å². The minimum atomic E-state index is -1.08. The van der Waals surface area contributed by atoms with Gasteiger partial charge in [0.25, 0.3) is 0 Å². The monoisotopic (exact) mass is 447 g/mol. The van der Waals surface area contributed by atoms with Crippen LogP contribution in [0.5, 0.6) is 0 Å². The summed E-state index contributed by atoms with van der Waals surface area (Å²) in [6.07, 6.45) is 1.37. The van der Waals surface area contributed by atoms with Gasteiger partial charge in [-0.3, -0.25) is 9.69 Å². The molecule has 2 fully saturated rings. The molecule has 0 spiro atoms. The molecule has 5 heteroatoms. The summed E-state index contributed by atoms with van der Waals surface area (Å²) in [5, 5.41) is 16.4. The van der Waals surface area contributed by atoms with Gasteiger partial charge in [-0.15, -0.1) is 0 Å². The van der Waals surface area contributed by atoms with Crippen LogP contribution in [-0.2, 0) is 21.7 Å². The highest BCUT2D eigenvalue weighted by atomic mass is 32.1. The largest absolute Gasteiger partial charge is 0.469 e. The highest BCUT2D eigenvalue weighted by Crippen LogP contribution is 2.61. The van der Waals surface area contributed by atoms with E-state index in [-0.39, 0.29) is 17.8 Å². The van der Waals surface area contributed by atoms with E-state index in [1.165, 1.54) is 18.2 Å². The number of methoxy groups -OCH3 is 1. The number of carbonyl (C=O) groups is 1. The number of ether oxygens (including phenoxy) is 1. The summed E-state index contributed by atoms with van der Waals surface area (Å²) in [6.45, 7) is 1.97. The fourth-order valence-electron chi connectivity index (χ4n) is 6.20. The van der Waals surface area contributed by atoms with Crippen molar-refractivity contribution in [3.63, 3.8) is 0 Å². The Hall–Kier alpha value is -2.47. The number of hydrogen-bond donors (Lipinski definition) is 1. The topological polar surface area (TPSA) is 49.8 Å². The van der Waals surface area contributed by atoms with Gasteiger partial charge in [-0.1, -0.05) is 60.7 Å². The van der Waals surface area contributed by atoms with Crippen LogP contribution in [0, 0.1) is 11.3 Å². The van der Waals surface area contributed by atoms with E-state index < -0.39 is 11.0 Å². The highest BCUT2D eigenvalue weighted by Gasteiger charge is 2.66. The van der Waals surface area contributed by atoms with E-state index in [0.717, 1.165) is 18.5 Å². The van der Waals surface area contributed by atoms with Gasteiger partial charge in [0.1, 0.15) is 0 Å². The summed E-state index contributed by atoms with van der Waals surface area (Å²) in [7, 11) is 1.48. The number of thiophene rings is 1. The van der Waals surface area contributed by atoms with Gasteiger partial charge < -0.3 is 9.84 Å². The summed E-state index contributed by atoms with van der Waals surface area (Å²) in [5.41, 5.74) is 1.41. The van der Waals surface area contributed by atoms with E-state index in [2.05, 4.69) is 33.9 Å². The smallest absolute Gasteiger partial charge is 0.314 e. The Morgan fingerprint density at radius 3 is 2.50 bits per heavy atom. The van der Waals surface area contributed by atoms with Gasteiger partial charge in [0.2, 0.25) is 0 Å². The first kappa shape index (κ1) is 21.4. The van der Waals surface area contributed by atoms with E-state index in [9.17, 15) is 9.90 Å². The van der Waals surface area contributed by atoms with Crippen LogP contribution >= 0.6 is 11.3 Å². The first-order valence-corrected chi connectivity index (χ1v) is 12.2. The predicted molar refractivity (Wildman–Crippen MR) is 126 cm³/mol. The Morgan fingerprint density at radius 1 is 1.12 bits per heavy atom. The third-order valence-electron chi connectivity index (χ3n) is 7.59. The Bertz CT molecular complexity index is 1060. The molecule has 0 amide bonds. The maximum absolute atomic E-state index is 13.6. The molecule has 3 aromatic rings. The second kappa shape index (κ2) is 8.47. The molecule has 0 bridgehead atoms. The van der Waals surface area contributed by atoms with Gasteiger partial charge in [-0.05, 0) is 46.4 Å². The quantitative estimate of drug-likeness (QED) is 0.571. The van der Waals surface area contributed by atoms with Gasteiger partial charge in [-0.2, -0.15) is 11.3 Å². The van der Waals surface area contributed by atoms with Crippen LogP contribution in [0.2, 0.25) is 0 Å². The van der Waals surface area contributed by atoms with Crippen molar-refractivity contribution >= 4 is 17.3 Å². The number of rotatable bonds is 5. The Kier molecular flexibility index (Phi) is 5.66. The van der Waals surface area contributed by atoms with Crippen LogP contribution < -0.4 is 0 Å². The number of likely N-dealkylation sites (tertiary alicyclic amines) is 1. The van der Waals surface area contributed by atoms with Crippen molar-refractivity contribution in [2.75, 3.05) is 20.2 Å². The number of nitrogens with zero attached hydrogens (tertiary/aromatic N) is 1. The first-order valence-electron chi connectivity index (χ1n) is 11.2. The lowest BCUT2D eigenvalue weighted by Gasteiger charge is -2.51. The van der Waals surface area contributed by atoms with E-state index in [1.807, 2.05) is 48.5 Å². The zero-order valence-electron chi connectivity index (χ0n) is 18.3. The van der Waals surface area contributed by atoms with Crippen molar-refractivity contribution < 1.29 is 14.6 Å². The third-order valence-corrected chi connectivity index (χ3v) is 8.30. The van der Waals surface area contributed by atoms with Crippen LogP contribution in [0.3, 0.4) is 0 Å². The number of fused-ring (bicyclic) bond motifs is 1. The number of hydrogen-bond acceptors (Lipinski definition) is 5. The van der Waals surface area contributed by atoms with Crippen molar-refractivity contribution in [3.05, 3.63) is 94.2 Å². The molecule has 2 heterocycles. The second-order valence-electron chi connectivity index (χ2n) is 9.18. The number of carbonyl (C=O) groups excluding carboxylic acids is 1. The van der Waals surface area contributed by atoms with Crippen LogP contribution in [0.1, 0.15) is 35.4 Å². The summed E-state index contributed by atoms with van der Waals surface area (Å²) in [5.74, 6) is -0.438. The molecule has 166 valence electrons. The Balaban J connectivity index is 1.61. The zero-order chi connectivity index (χ0) is 22.2. The van der Waals surface area contributed by atoms with Crippen LogP contribution in [0.15, 0.2) is 77.5 Å². The Morgan fingerprint density at radius 2 is 1.84 bits per heavy atom. The third kappa shape index (κ3) is 3.40. The molecule has 4 atom stereocenters. The molecule has 4 nitrogen and oxygen atoms in total. The summed E-state index contributed by atoms with van der Waals surface area (Å²) < 4.78 is 5.48. The minimum absolute atomic E-state index is 0.0240. The number of esters is 1. The van der Waals surface area contributed by atoms with Crippen LogP contribution in [0.25, 0.3) is 0 Å². The van der Waals surface area contributed by atoms with E-state index in [4.69, 9.17) is 4.74 Å². The molecule has 1 aliphatic heterocycles. The average molecular weight is 448 g/mol. The highest BCUT2D eigenvalue weighted by molar-refractivity contribution is 7.08. The van der Waals surface area contributed by atoms with E-state index >= 15 is 0 Å². The molecule has 2 aliphatic rings. The molecule has 2 aromatic carbocycles. The summed E-state index contributed by atoms with van der Waals surface area (Å²) >= 11 is 1.66. The van der Waals surface area contributed by atoms with Crippen molar-refractivity contribution in [3.8, 4) is 0 Å². The van der Waals surface area contributed by atoms with Crippen LogP contribution in [-0.4, -0.2) is 36.2 Å². The molecular formula is C27H29NO3S. The van der Waals surface area contributed by atoms with Crippen LogP contribution in [0.4, 0.5) is 0 Å². The van der Waals surface area contributed by atoms with Gasteiger partial charge in [0.05, 0.1) is 18.1 Å². The average Bonchev–Trinajstić information content (AvgIpc) is 3.49. The molecule has 1 aliphatic carbocycles. The van der Waals surface area contributed by atoms with Gasteiger partial charge in [-0.25, -0.2) is 0 Å². The predicted octanol–water partition coefficient (Wildman–Crippen LogP) is 4.80. The lowest BCUT2D eigenvalue weighted by Crippen LogP contribution is -2.56. The minimum Gasteiger partial charge on any atom is -0.469 e. The van der Waals surface area contributed by atoms with Crippen molar-refractivity contribution in [1.29, 1.82) is 0 Å². The molecule has 1 aromatic heterocycles. The molecule has 1 saturated heterocycles. The van der Waals surface area contributed by atoms with Crippen molar-refractivity contribution in [2.45, 2.75) is 30.9 Å². The lowest BCUT2D eigenvalue weighted by molar-refractivity contribution is -0.173. The van der Waals surface area contributed by atoms with Gasteiger partial charge in [0, 0.05) is 31.5 Å². The summed E-state index contributed by atoms with van der Waals surface area (Å²) in [4.78, 5) is 16.0. The fourth-order valence-corrected chi connectivity index (χ4v) is 6.92. The lowest BCUT2D eigenvalue weighted by atomic mass is 9.53. The molecule has 5 rings (SSSR count). The molecule has 1 N–H and O–H groups in total. The van der Waals surface area contributed by atoms with E-state index in [1.54, 1.807) is 11.3 Å². The normalized spacial score (nSPS) is 30.1. The Labute approximate surface area is 193 Å². The summed E-state index contributed by atoms with van der Waals surface area (Å²) in [6, 6.07) is 22.4. The second-order valence-corrected chi connectivity index (χ2v) is 9.96. The molecular weight excluding hydrogens is 418 g/mol. The zero-order valence-corrected chi connectivity index (χ0v) is 19.1. The molecule has 1 saturated carbocycles. The molecule has 4 unspecified atom stereocenters.